The number of hydrogen-bond acceptors (Lipinski definition) is 6. The zero-order chi connectivity index (χ0) is 12.7. The van der Waals surface area contributed by atoms with Crippen molar-refractivity contribution in [3.05, 3.63) is 5.82 Å². The van der Waals surface area contributed by atoms with E-state index in [0.29, 0.717) is 17.6 Å². The molecule has 0 atom stereocenters. The molecule has 1 saturated carbocycles. The van der Waals surface area contributed by atoms with Gasteiger partial charge in [0, 0.05) is 30.3 Å². The van der Waals surface area contributed by atoms with Crippen LogP contribution in [0, 0.1) is 0 Å². The molecule has 0 amide bonds. The second-order valence-electron chi connectivity index (χ2n) is 5.12. The van der Waals surface area contributed by atoms with Crippen molar-refractivity contribution in [2.45, 2.75) is 37.4 Å². The average Bonchev–Trinajstić information content (AvgIpc) is 2.94. The third kappa shape index (κ3) is 2.95. The van der Waals surface area contributed by atoms with Gasteiger partial charge in [-0.1, -0.05) is 0 Å². The Balaban J connectivity index is 1.97. The van der Waals surface area contributed by atoms with Gasteiger partial charge in [0.05, 0.1) is 4.75 Å². The molecule has 1 aliphatic carbocycles. The summed E-state index contributed by atoms with van der Waals surface area (Å²) in [6, 6.07) is 0. The van der Waals surface area contributed by atoms with Crippen molar-refractivity contribution in [1.82, 2.24) is 9.36 Å². The highest BCUT2D eigenvalue weighted by atomic mass is 32.2. The SMILES string of the molecule is CC(C)(CNc1nc(C2CC2)ns1)S(C)(=O)=O. The first-order valence-electron chi connectivity index (χ1n) is 5.57. The van der Waals surface area contributed by atoms with Gasteiger partial charge in [-0.15, -0.1) is 0 Å². The summed E-state index contributed by atoms with van der Waals surface area (Å²) in [6.45, 7) is 3.77. The lowest BCUT2D eigenvalue weighted by molar-refractivity contribution is 0.560. The fourth-order valence-electron chi connectivity index (χ4n) is 1.23. The molecule has 0 aliphatic heterocycles. The van der Waals surface area contributed by atoms with Gasteiger partial charge < -0.3 is 5.32 Å². The van der Waals surface area contributed by atoms with Gasteiger partial charge in [-0.25, -0.2) is 13.4 Å². The fraction of sp³-hybridized carbons (Fsp3) is 0.800. The minimum absolute atomic E-state index is 0.352. The van der Waals surface area contributed by atoms with Crippen LogP contribution in [0.3, 0.4) is 0 Å². The molecule has 1 fully saturated rings. The maximum Gasteiger partial charge on any atom is 0.202 e. The summed E-state index contributed by atoms with van der Waals surface area (Å²) in [4.78, 5) is 4.36. The molecule has 0 unspecified atom stereocenters. The third-order valence-electron chi connectivity index (χ3n) is 3.05. The second-order valence-corrected chi connectivity index (χ2v) is 8.52. The van der Waals surface area contributed by atoms with Gasteiger partial charge in [-0.3, -0.25) is 0 Å². The summed E-state index contributed by atoms with van der Waals surface area (Å²) in [5.41, 5.74) is 0. The molecule has 96 valence electrons. The number of rotatable bonds is 5. The maximum atomic E-state index is 11.5. The molecule has 1 heterocycles. The van der Waals surface area contributed by atoms with Crippen LogP contribution in [0.1, 0.15) is 38.4 Å². The Labute approximate surface area is 106 Å². The Bertz CT molecular complexity index is 503. The van der Waals surface area contributed by atoms with Crippen LogP contribution >= 0.6 is 11.5 Å². The molecule has 1 aromatic heterocycles. The van der Waals surface area contributed by atoms with E-state index in [1.165, 1.54) is 30.6 Å². The number of nitrogens with one attached hydrogen (secondary N) is 1. The monoisotopic (exact) mass is 275 g/mol. The Morgan fingerprint density at radius 2 is 2.12 bits per heavy atom. The minimum atomic E-state index is -3.08. The number of aromatic nitrogens is 2. The van der Waals surface area contributed by atoms with Crippen LogP contribution in [0.2, 0.25) is 0 Å². The van der Waals surface area contributed by atoms with Crippen LogP contribution in [0.5, 0.6) is 0 Å². The Hall–Kier alpha value is -0.690. The summed E-state index contributed by atoms with van der Waals surface area (Å²) in [7, 11) is -3.08. The molecule has 0 radical (unpaired) electrons. The average molecular weight is 275 g/mol. The molecule has 2 rings (SSSR count). The summed E-state index contributed by atoms with van der Waals surface area (Å²) in [5.74, 6) is 1.43. The van der Waals surface area contributed by atoms with Crippen LogP contribution < -0.4 is 5.32 Å². The molecule has 5 nitrogen and oxygen atoms in total. The first-order valence-corrected chi connectivity index (χ1v) is 8.23. The Kier molecular flexibility index (Phi) is 3.15. The molecule has 17 heavy (non-hydrogen) atoms. The zero-order valence-electron chi connectivity index (χ0n) is 10.2. The number of hydrogen-bond donors (Lipinski definition) is 1. The lowest BCUT2D eigenvalue weighted by Gasteiger charge is -2.22. The molecule has 1 aromatic rings. The lowest BCUT2D eigenvalue weighted by Crippen LogP contribution is -2.38. The fourth-order valence-corrected chi connectivity index (χ4v) is 2.21. The van der Waals surface area contributed by atoms with E-state index < -0.39 is 14.6 Å². The first kappa shape index (κ1) is 12.8. The van der Waals surface area contributed by atoms with Gasteiger partial charge in [0.15, 0.2) is 9.84 Å². The predicted octanol–water partition coefficient (Wildman–Crippen LogP) is 1.65. The van der Waals surface area contributed by atoms with E-state index >= 15 is 0 Å². The molecular weight excluding hydrogens is 258 g/mol. The molecule has 7 heteroatoms. The maximum absolute atomic E-state index is 11.5. The Morgan fingerprint density at radius 3 is 2.65 bits per heavy atom. The van der Waals surface area contributed by atoms with Crippen molar-refractivity contribution < 1.29 is 8.42 Å². The van der Waals surface area contributed by atoms with E-state index in [-0.39, 0.29) is 0 Å². The smallest absolute Gasteiger partial charge is 0.202 e. The summed E-state index contributed by atoms with van der Waals surface area (Å²) in [5, 5.41) is 3.77. The van der Waals surface area contributed by atoms with Crippen LogP contribution in [0.4, 0.5) is 5.13 Å². The van der Waals surface area contributed by atoms with Crippen molar-refractivity contribution in [1.29, 1.82) is 0 Å². The molecule has 0 saturated heterocycles. The number of sulfone groups is 1. The molecule has 0 spiro atoms. The van der Waals surface area contributed by atoms with Crippen LogP contribution in [-0.4, -0.2) is 35.3 Å². The van der Waals surface area contributed by atoms with Gasteiger partial charge in [0.25, 0.3) is 0 Å². The van der Waals surface area contributed by atoms with Gasteiger partial charge in [0.2, 0.25) is 5.13 Å². The normalized spacial score (nSPS) is 17.1. The van der Waals surface area contributed by atoms with Crippen LogP contribution in [-0.2, 0) is 9.84 Å². The minimum Gasteiger partial charge on any atom is -0.359 e. The molecule has 0 bridgehead atoms. The van der Waals surface area contributed by atoms with Crippen molar-refractivity contribution in [2.75, 3.05) is 18.1 Å². The number of nitrogens with zero attached hydrogens (tertiary/aromatic N) is 2. The summed E-state index contributed by atoms with van der Waals surface area (Å²) in [6.07, 6.45) is 3.60. The zero-order valence-corrected chi connectivity index (χ0v) is 11.9. The van der Waals surface area contributed by atoms with E-state index in [1.54, 1.807) is 13.8 Å². The number of anilines is 1. The topological polar surface area (TPSA) is 72.0 Å². The predicted molar refractivity (Wildman–Crippen MR) is 69.3 cm³/mol. The second kappa shape index (κ2) is 4.20. The molecule has 1 aliphatic rings. The van der Waals surface area contributed by atoms with Gasteiger partial charge in [-0.2, -0.15) is 4.37 Å². The van der Waals surface area contributed by atoms with Crippen molar-refractivity contribution >= 4 is 26.5 Å². The molecule has 0 aromatic carbocycles. The molecular formula is C10H17N3O2S2. The summed E-state index contributed by atoms with van der Waals surface area (Å²) >= 11 is 1.30. The lowest BCUT2D eigenvalue weighted by atomic mass is 10.2. The van der Waals surface area contributed by atoms with Crippen molar-refractivity contribution in [2.24, 2.45) is 0 Å². The largest absolute Gasteiger partial charge is 0.359 e. The highest BCUT2D eigenvalue weighted by molar-refractivity contribution is 7.92. The van der Waals surface area contributed by atoms with Gasteiger partial charge in [0.1, 0.15) is 5.82 Å². The Morgan fingerprint density at radius 1 is 1.47 bits per heavy atom. The van der Waals surface area contributed by atoms with Crippen LogP contribution in [0.15, 0.2) is 0 Å². The van der Waals surface area contributed by atoms with E-state index in [2.05, 4.69) is 14.7 Å². The third-order valence-corrected chi connectivity index (χ3v) is 5.89. The standard InChI is InChI=1S/C10H17N3O2S2/c1-10(2,17(3,14)15)6-11-9-12-8(13-16-9)7-4-5-7/h7H,4-6H2,1-3H3,(H,11,12,13). The van der Waals surface area contributed by atoms with Gasteiger partial charge in [-0.05, 0) is 26.7 Å². The van der Waals surface area contributed by atoms with E-state index in [0.717, 1.165) is 5.82 Å². The van der Waals surface area contributed by atoms with Crippen molar-refractivity contribution in [3.63, 3.8) is 0 Å². The van der Waals surface area contributed by atoms with E-state index in [9.17, 15) is 8.42 Å². The highest BCUT2D eigenvalue weighted by Crippen LogP contribution is 2.39. The first-order chi connectivity index (χ1) is 7.79. The van der Waals surface area contributed by atoms with Gasteiger partial charge >= 0.3 is 0 Å². The highest BCUT2D eigenvalue weighted by Gasteiger charge is 2.31. The summed E-state index contributed by atoms with van der Waals surface area (Å²) < 4.78 is 26.5. The van der Waals surface area contributed by atoms with E-state index in [1.807, 2.05) is 0 Å². The molecule has 1 N–H and O–H groups in total. The van der Waals surface area contributed by atoms with E-state index in [4.69, 9.17) is 0 Å². The quantitative estimate of drug-likeness (QED) is 0.884. The van der Waals surface area contributed by atoms with Crippen molar-refractivity contribution in [3.8, 4) is 0 Å². The van der Waals surface area contributed by atoms with Crippen LogP contribution in [0.25, 0.3) is 0 Å².